The van der Waals surface area contributed by atoms with Crippen LogP contribution in [0.25, 0.3) is 0 Å². The molecular formula is C13H19N3O2. The molecule has 0 amide bonds. The lowest BCUT2D eigenvalue weighted by Crippen LogP contribution is -2.21. The molecule has 0 spiro atoms. The van der Waals surface area contributed by atoms with Gasteiger partial charge < -0.3 is 11.1 Å². The van der Waals surface area contributed by atoms with Crippen LogP contribution >= 0.6 is 0 Å². The molecule has 0 heterocycles. The zero-order chi connectivity index (χ0) is 13.3. The third-order valence-electron chi connectivity index (χ3n) is 3.57. The van der Waals surface area contributed by atoms with Crippen LogP contribution in [0.15, 0.2) is 12.1 Å². The van der Waals surface area contributed by atoms with Gasteiger partial charge in [0, 0.05) is 29.4 Å². The molecule has 98 valence electrons. The fraction of sp³-hybridized carbons (Fsp3) is 0.538. The monoisotopic (exact) mass is 249 g/mol. The van der Waals surface area contributed by atoms with Crippen molar-refractivity contribution in [3.63, 3.8) is 0 Å². The Hall–Kier alpha value is -1.62. The van der Waals surface area contributed by atoms with E-state index >= 15 is 0 Å². The van der Waals surface area contributed by atoms with Crippen LogP contribution in [0.5, 0.6) is 0 Å². The summed E-state index contributed by atoms with van der Waals surface area (Å²) in [6.07, 6.45) is 3.08. The van der Waals surface area contributed by atoms with Gasteiger partial charge in [-0.1, -0.05) is 0 Å². The fourth-order valence-corrected chi connectivity index (χ4v) is 2.52. The maximum Gasteiger partial charge on any atom is 0.272 e. The number of nitrogens with zero attached hydrogens (tertiary/aromatic N) is 1. The lowest BCUT2D eigenvalue weighted by molar-refractivity contribution is -0.385. The van der Waals surface area contributed by atoms with Gasteiger partial charge in [-0.15, -0.1) is 0 Å². The van der Waals surface area contributed by atoms with Gasteiger partial charge in [-0.2, -0.15) is 0 Å². The van der Waals surface area contributed by atoms with E-state index in [0.29, 0.717) is 11.6 Å². The Morgan fingerprint density at radius 2 is 2.06 bits per heavy atom. The van der Waals surface area contributed by atoms with Crippen LogP contribution in [0.1, 0.15) is 30.4 Å². The van der Waals surface area contributed by atoms with Gasteiger partial charge >= 0.3 is 0 Å². The first kappa shape index (κ1) is 12.8. The second-order valence-corrected chi connectivity index (χ2v) is 5.13. The summed E-state index contributed by atoms with van der Waals surface area (Å²) in [5, 5.41) is 14.3. The Balaban J connectivity index is 2.19. The molecule has 3 N–H and O–H groups in total. The lowest BCUT2D eigenvalue weighted by atomic mass is 10.1. The second-order valence-electron chi connectivity index (χ2n) is 5.13. The second kappa shape index (κ2) is 4.94. The summed E-state index contributed by atoms with van der Waals surface area (Å²) < 4.78 is 0. The number of nitro groups is 1. The zero-order valence-electron chi connectivity index (χ0n) is 10.8. The first-order chi connectivity index (χ1) is 8.47. The molecule has 1 aromatic rings. The van der Waals surface area contributed by atoms with E-state index < -0.39 is 0 Å². The van der Waals surface area contributed by atoms with Crippen LogP contribution in [-0.4, -0.2) is 17.0 Å². The minimum Gasteiger partial charge on any atom is -0.382 e. The molecule has 5 nitrogen and oxygen atoms in total. The number of hydrogen-bond donors (Lipinski definition) is 2. The van der Waals surface area contributed by atoms with E-state index in [2.05, 4.69) is 5.32 Å². The Morgan fingerprint density at radius 3 is 2.61 bits per heavy atom. The molecule has 1 aliphatic carbocycles. The normalized spacial score (nSPS) is 23.1. The van der Waals surface area contributed by atoms with E-state index in [4.69, 9.17) is 5.73 Å². The molecule has 2 unspecified atom stereocenters. The molecule has 0 aromatic heterocycles. The third kappa shape index (κ3) is 2.61. The molecular weight excluding hydrogens is 230 g/mol. The highest BCUT2D eigenvalue weighted by molar-refractivity contribution is 5.59. The maximum absolute atomic E-state index is 10.8. The van der Waals surface area contributed by atoms with Gasteiger partial charge in [-0.25, -0.2) is 0 Å². The number of nitrogens with one attached hydrogen (secondary N) is 1. The van der Waals surface area contributed by atoms with Crippen molar-refractivity contribution in [1.82, 2.24) is 0 Å². The van der Waals surface area contributed by atoms with Gasteiger partial charge in [0.2, 0.25) is 0 Å². The highest BCUT2D eigenvalue weighted by Crippen LogP contribution is 2.29. The van der Waals surface area contributed by atoms with Crippen molar-refractivity contribution in [3.8, 4) is 0 Å². The molecule has 0 radical (unpaired) electrons. The van der Waals surface area contributed by atoms with Crippen LogP contribution in [0.3, 0.4) is 0 Å². The summed E-state index contributed by atoms with van der Waals surface area (Å²) in [6, 6.07) is 4.16. The first-order valence-corrected chi connectivity index (χ1v) is 6.25. The molecule has 1 fully saturated rings. The number of hydrogen-bond acceptors (Lipinski definition) is 4. The van der Waals surface area contributed by atoms with Gasteiger partial charge in [-0.3, -0.25) is 10.1 Å². The minimum absolute atomic E-state index is 0.182. The standard InChI is InChI=1S/C13H19N3O2/c1-8-6-13(16(17)18)9(2)5-12(8)15-11-4-3-10(14)7-11/h5-6,10-11,15H,3-4,7,14H2,1-2H3. The van der Waals surface area contributed by atoms with E-state index in [1.165, 1.54) is 0 Å². The largest absolute Gasteiger partial charge is 0.382 e. The molecule has 1 aliphatic rings. The summed E-state index contributed by atoms with van der Waals surface area (Å²) in [6.45, 7) is 3.66. The summed E-state index contributed by atoms with van der Waals surface area (Å²) in [7, 11) is 0. The van der Waals surface area contributed by atoms with E-state index in [1.54, 1.807) is 13.0 Å². The number of nitrogens with two attached hydrogens (primary N) is 1. The smallest absolute Gasteiger partial charge is 0.272 e. The minimum atomic E-state index is -0.336. The summed E-state index contributed by atoms with van der Waals surface area (Å²) in [5.41, 5.74) is 8.65. The van der Waals surface area contributed by atoms with Crippen LogP contribution in [0, 0.1) is 24.0 Å². The van der Waals surface area contributed by atoms with Gasteiger partial charge in [0.05, 0.1) is 4.92 Å². The van der Waals surface area contributed by atoms with Gasteiger partial charge in [0.15, 0.2) is 0 Å². The molecule has 1 saturated carbocycles. The average Bonchev–Trinajstić information content (AvgIpc) is 2.68. The Kier molecular flexibility index (Phi) is 3.52. The molecule has 1 aromatic carbocycles. The van der Waals surface area contributed by atoms with Crippen molar-refractivity contribution in [2.45, 2.75) is 45.2 Å². The molecule has 2 rings (SSSR count). The number of anilines is 1. The fourth-order valence-electron chi connectivity index (χ4n) is 2.52. The maximum atomic E-state index is 10.8. The van der Waals surface area contributed by atoms with Crippen molar-refractivity contribution in [2.24, 2.45) is 5.73 Å². The van der Waals surface area contributed by atoms with E-state index in [9.17, 15) is 10.1 Å². The quantitative estimate of drug-likeness (QED) is 0.637. The predicted octanol–water partition coefficient (Wildman–Crippen LogP) is 2.50. The van der Waals surface area contributed by atoms with Crippen molar-refractivity contribution in [1.29, 1.82) is 0 Å². The SMILES string of the molecule is Cc1cc([N+](=O)[O-])c(C)cc1NC1CCC(N)C1. The number of nitro benzene ring substituents is 1. The summed E-state index contributed by atoms with van der Waals surface area (Å²) >= 11 is 0. The molecule has 0 saturated heterocycles. The van der Waals surface area contributed by atoms with Gasteiger partial charge in [0.25, 0.3) is 5.69 Å². The molecule has 5 heteroatoms. The number of benzene rings is 1. The predicted molar refractivity (Wildman–Crippen MR) is 71.8 cm³/mol. The third-order valence-corrected chi connectivity index (χ3v) is 3.57. The molecule has 0 bridgehead atoms. The van der Waals surface area contributed by atoms with Crippen molar-refractivity contribution in [2.75, 3.05) is 5.32 Å². The van der Waals surface area contributed by atoms with Crippen LogP contribution in [0.2, 0.25) is 0 Å². The van der Waals surface area contributed by atoms with E-state index in [0.717, 1.165) is 30.5 Å². The Bertz CT molecular complexity index is 474. The van der Waals surface area contributed by atoms with E-state index in [-0.39, 0.29) is 16.7 Å². The van der Waals surface area contributed by atoms with Crippen molar-refractivity contribution < 1.29 is 4.92 Å². The Labute approximate surface area is 107 Å². The van der Waals surface area contributed by atoms with Crippen LogP contribution in [0.4, 0.5) is 11.4 Å². The molecule has 0 aliphatic heterocycles. The van der Waals surface area contributed by atoms with Crippen molar-refractivity contribution in [3.05, 3.63) is 33.4 Å². The highest BCUT2D eigenvalue weighted by Gasteiger charge is 2.22. The van der Waals surface area contributed by atoms with Crippen LogP contribution in [-0.2, 0) is 0 Å². The highest BCUT2D eigenvalue weighted by atomic mass is 16.6. The first-order valence-electron chi connectivity index (χ1n) is 6.25. The Morgan fingerprint density at radius 1 is 1.33 bits per heavy atom. The number of aryl methyl sites for hydroxylation is 2. The topological polar surface area (TPSA) is 81.2 Å². The average molecular weight is 249 g/mol. The zero-order valence-corrected chi connectivity index (χ0v) is 10.8. The van der Waals surface area contributed by atoms with Gasteiger partial charge in [-0.05, 0) is 44.7 Å². The lowest BCUT2D eigenvalue weighted by Gasteiger charge is -2.16. The molecule has 18 heavy (non-hydrogen) atoms. The van der Waals surface area contributed by atoms with E-state index in [1.807, 2.05) is 13.0 Å². The van der Waals surface area contributed by atoms with Crippen LogP contribution < -0.4 is 11.1 Å². The summed E-state index contributed by atoms with van der Waals surface area (Å²) in [5.74, 6) is 0. The van der Waals surface area contributed by atoms with Crippen molar-refractivity contribution >= 4 is 11.4 Å². The summed E-state index contributed by atoms with van der Waals surface area (Å²) in [4.78, 5) is 10.5. The number of rotatable bonds is 3. The molecule has 2 atom stereocenters. The van der Waals surface area contributed by atoms with Gasteiger partial charge in [0.1, 0.15) is 0 Å².